The van der Waals surface area contributed by atoms with Crippen molar-refractivity contribution in [3.05, 3.63) is 71.7 Å². The molecule has 0 aliphatic heterocycles. The monoisotopic (exact) mass is 354 g/mol. The number of carbonyl (C=O) groups is 1. The van der Waals surface area contributed by atoms with Crippen LogP contribution >= 0.6 is 0 Å². The van der Waals surface area contributed by atoms with Crippen molar-refractivity contribution in [2.75, 3.05) is 13.7 Å². The van der Waals surface area contributed by atoms with Gasteiger partial charge in [0, 0.05) is 5.56 Å². The average molecular weight is 354 g/mol. The second-order valence-corrected chi connectivity index (χ2v) is 5.65. The fraction of sp³-hybridized carbons (Fsp3) is 0.200. The van der Waals surface area contributed by atoms with Crippen LogP contribution in [0, 0.1) is 5.82 Å². The van der Waals surface area contributed by atoms with Crippen molar-refractivity contribution < 1.29 is 18.7 Å². The van der Waals surface area contributed by atoms with Crippen LogP contribution in [0.3, 0.4) is 0 Å². The van der Waals surface area contributed by atoms with Crippen molar-refractivity contribution in [3.63, 3.8) is 0 Å². The van der Waals surface area contributed by atoms with Gasteiger partial charge >= 0.3 is 5.97 Å². The predicted molar refractivity (Wildman–Crippen MR) is 95.7 cm³/mol. The molecule has 0 aliphatic carbocycles. The highest BCUT2D eigenvalue weighted by atomic mass is 19.1. The molecule has 0 saturated heterocycles. The lowest BCUT2D eigenvalue weighted by Gasteiger charge is -2.07. The summed E-state index contributed by atoms with van der Waals surface area (Å²) in [6.07, 6.45) is 0. The molecule has 3 rings (SSSR count). The molecule has 134 valence electrons. The summed E-state index contributed by atoms with van der Waals surface area (Å²) in [6.45, 7) is 2.43. The predicted octanol–water partition coefficient (Wildman–Crippen LogP) is 3.92. The van der Waals surface area contributed by atoms with Crippen LogP contribution in [0.25, 0.3) is 11.3 Å². The molecule has 0 fully saturated rings. The molecule has 2 aromatic carbocycles. The van der Waals surface area contributed by atoms with Crippen LogP contribution in [0.2, 0.25) is 0 Å². The first kappa shape index (κ1) is 17.7. The summed E-state index contributed by atoms with van der Waals surface area (Å²) in [5.74, 6) is -0.00858. The normalized spacial score (nSPS) is 10.6. The SMILES string of the molecule is CCOC(=O)c1cc(-c2ccc(F)cc2)nn1Cc1ccc(OC)cc1. The molecule has 0 N–H and O–H groups in total. The van der Waals surface area contributed by atoms with Crippen LogP contribution in [0.5, 0.6) is 5.75 Å². The van der Waals surface area contributed by atoms with E-state index in [1.54, 1.807) is 36.9 Å². The molecule has 0 atom stereocenters. The van der Waals surface area contributed by atoms with Crippen LogP contribution in [0.15, 0.2) is 54.6 Å². The van der Waals surface area contributed by atoms with Crippen LogP contribution in [-0.4, -0.2) is 29.5 Å². The topological polar surface area (TPSA) is 53.3 Å². The van der Waals surface area contributed by atoms with Crippen molar-refractivity contribution in [3.8, 4) is 17.0 Å². The third-order valence-electron chi connectivity index (χ3n) is 3.90. The summed E-state index contributed by atoms with van der Waals surface area (Å²) in [7, 11) is 1.61. The van der Waals surface area contributed by atoms with Gasteiger partial charge in [-0.05, 0) is 55.0 Å². The Balaban J connectivity index is 1.95. The van der Waals surface area contributed by atoms with Gasteiger partial charge in [-0.1, -0.05) is 12.1 Å². The molecule has 3 aromatic rings. The molecule has 0 amide bonds. The van der Waals surface area contributed by atoms with Crippen molar-refractivity contribution in [1.82, 2.24) is 9.78 Å². The number of aromatic nitrogens is 2. The van der Waals surface area contributed by atoms with Crippen LogP contribution < -0.4 is 4.74 Å². The Bertz CT molecular complexity index is 886. The molecule has 1 heterocycles. The number of esters is 1. The number of ether oxygens (including phenoxy) is 2. The van der Waals surface area contributed by atoms with Crippen molar-refractivity contribution >= 4 is 5.97 Å². The van der Waals surface area contributed by atoms with E-state index >= 15 is 0 Å². The van der Waals surface area contributed by atoms with Gasteiger partial charge in [-0.2, -0.15) is 5.10 Å². The summed E-state index contributed by atoms with van der Waals surface area (Å²) in [5.41, 5.74) is 2.62. The number of nitrogens with zero attached hydrogens (tertiary/aromatic N) is 2. The molecule has 1 aromatic heterocycles. The minimum atomic E-state index is -0.443. The fourth-order valence-corrected chi connectivity index (χ4v) is 2.57. The molecule has 5 nitrogen and oxygen atoms in total. The lowest BCUT2D eigenvalue weighted by Crippen LogP contribution is -2.14. The van der Waals surface area contributed by atoms with E-state index in [1.165, 1.54) is 12.1 Å². The smallest absolute Gasteiger partial charge is 0.356 e. The molecular weight excluding hydrogens is 335 g/mol. The summed E-state index contributed by atoms with van der Waals surface area (Å²) >= 11 is 0. The van der Waals surface area contributed by atoms with Gasteiger partial charge in [0.1, 0.15) is 17.3 Å². The maximum atomic E-state index is 13.2. The lowest BCUT2D eigenvalue weighted by atomic mass is 10.1. The summed E-state index contributed by atoms with van der Waals surface area (Å²) in [4.78, 5) is 12.3. The van der Waals surface area contributed by atoms with Gasteiger partial charge in [0.25, 0.3) is 0 Å². The number of halogens is 1. The Kier molecular flexibility index (Phi) is 5.31. The van der Waals surface area contributed by atoms with E-state index in [0.717, 1.165) is 16.9 Å². The van der Waals surface area contributed by atoms with Gasteiger partial charge in [0.15, 0.2) is 0 Å². The highest BCUT2D eigenvalue weighted by Gasteiger charge is 2.17. The zero-order chi connectivity index (χ0) is 18.5. The van der Waals surface area contributed by atoms with E-state index in [9.17, 15) is 9.18 Å². The Morgan fingerprint density at radius 3 is 2.42 bits per heavy atom. The Morgan fingerprint density at radius 1 is 1.12 bits per heavy atom. The second-order valence-electron chi connectivity index (χ2n) is 5.65. The van der Waals surface area contributed by atoms with E-state index in [0.29, 0.717) is 17.9 Å². The zero-order valence-corrected chi connectivity index (χ0v) is 14.6. The second kappa shape index (κ2) is 7.82. The van der Waals surface area contributed by atoms with Gasteiger partial charge < -0.3 is 9.47 Å². The summed E-state index contributed by atoms with van der Waals surface area (Å²) in [5, 5.41) is 4.51. The Hall–Kier alpha value is -3.15. The summed E-state index contributed by atoms with van der Waals surface area (Å²) in [6, 6.07) is 15.2. The Morgan fingerprint density at radius 2 is 1.81 bits per heavy atom. The molecule has 0 unspecified atom stereocenters. The summed E-state index contributed by atoms with van der Waals surface area (Å²) < 4.78 is 25.0. The van der Waals surface area contributed by atoms with Crippen molar-refractivity contribution in [2.24, 2.45) is 0 Å². The molecule has 0 bridgehead atoms. The van der Waals surface area contributed by atoms with E-state index in [4.69, 9.17) is 9.47 Å². The zero-order valence-electron chi connectivity index (χ0n) is 14.6. The number of carbonyl (C=O) groups excluding carboxylic acids is 1. The van der Waals surface area contributed by atoms with Crippen LogP contribution in [-0.2, 0) is 11.3 Å². The first-order valence-corrected chi connectivity index (χ1v) is 8.24. The van der Waals surface area contributed by atoms with Crippen molar-refractivity contribution in [2.45, 2.75) is 13.5 Å². The highest BCUT2D eigenvalue weighted by Crippen LogP contribution is 2.21. The number of benzene rings is 2. The fourth-order valence-electron chi connectivity index (χ4n) is 2.57. The van der Waals surface area contributed by atoms with E-state index in [-0.39, 0.29) is 12.4 Å². The number of hydrogen-bond donors (Lipinski definition) is 0. The van der Waals surface area contributed by atoms with Gasteiger partial charge in [-0.3, -0.25) is 4.68 Å². The third kappa shape index (κ3) is 3.91. The van der Waals surface area contributed by atoms with Crippen LogP contribution in [0.4, 0.5) is 4.39 Å². The van der Waals surface area contributed by atoms with Gasteiger partial charge in [0.2, 0.25) is 0 Å². The van der Waals surface area contributed by atoms with Crippen molar-refractivity contribution in [1.29, 1.82) is 0 Å². The number of rotatable bonds is 6. The maximum Gasteiger partial charge on any atom is 0.356 e. The molecular formula is C20H19FN2O3. The number of methoxy groups -OCH3 is 1. The molecule has 0 radical (unpaired) electrons. The molecule has 0 saturated carbocycles. The Labute approximate surface area is 151 Å². The molecule has 0 aliphatic rings. The minimum absolute atomic E-state index is 0.276. The quantitative estimate of drug-likeness (QED) is 0.630. The third-order valence-corrected chi connectivity index (χ3v) is 3.90. The lowest BCUT2D eigenvalue weighted by molar-refractivity contribution is 0.0512. The first-order valence-electron chi connectivity index (χ1n) is 8.24. The highest BCUT2D eigenvalue weighted by molar-refractivity contribution is 5.89. The van der Waals surface area contributed by atoms with Gasteiger partial charge in [-0.25, -0.2) is 9.18 Å². The van der Waals surface area contributed by atoms with E-state index in [1.807, 2.05) is 24.3 Å². The number of hydrogen-bond acceptors (Lipinski definition) is 4. The van der Waals surface area contributed by atoms with E-state index in [2.05, 4.69) is 5.10 Å². The largest absolute Gasteiger partial charge is 0.497 e. The standard InChI is InChI=1S/C20H19FN2O3/c1-3-26-20(24)19-12-18(15-6-8-16(21)9-7-15)22-23(19)13-14-4-10-17(25-2)11-5-14/h4-12H,3,13H2,1-2H3. The van der Waals surface area contributed by atoms with E-state index < -0.39 is 5.97 Å². The molecule has 6 heteroatoms. The van der Waals surface area contributed by atoms with Gasteiger partial charge in [-0.15, -0.1) is 0 Å². The average Bonchev–Trinajstić information content (AvgIpc) is 3.07. The minimum Gasteiger partial charge on any atom is -0.497 e. The molecule has 0 spiro atoms. The maximum absolute atomic E-state index is 13.2. The first-order chi connectivity index (χ1) is 12.6. The van der Waals surface area contributed by atoms with Gasteiger partial charge in [0.05, 0.1) is 26.0 Å². The molecule has 26 heavy (non-hydrogen) atoms. The van der Waals surface area contributed by atoms with Crippen LogP contribution in [0.1, 0.15) is 23.0 Å².